The smallest absolute Gasteiger partial charge is 0.196 e. The van der Waals surface area contributed by atoms with Crippen LogP contribution in [0.1, 0.15) is 30.5 Å². The van der Waals surface area contributed by atoms with Gasteiger partial charge in [-0.2, -0.15) is 0 Å². The van der Waals surface area contributed by atoms with Crippen LogP contribution < -0.4 is 5.11 Å². The van der Waals surface area contributed by atoms with Gasteiger partial charge in [0.1, 0.15) is 12.3 Å². The first-order chi connectivity index (χ1) is 5.11. The second-order valence-corrected chi connectivity index (χ2v) is 2.43. The van der Waals surface area contributed by atoms with Crippen molar-refractivity contribution in [1.82, 2.24) is 14.8 Å². The van der Waals surface area contributed by atoms with Gasteiger partial charge in [0.05, 0.1) is 0 Å². The lowest BCUT2D eigenvalue weighted by atomic mass is 10.4. The van der Waals surface area contributed by atoms with E-state index in [4.69, 9.17) is 0 Å². The molecule has 0 unspecified atom stereocenters. The number of hydrogen-bond acceptors (Lipinski definition) is 4. The van der Waals surface area contributed by atoms with Crippen LogP contribution in [0.2, 0.25) is 0 Å². The molecule has 5 heteroatoms. The summed E-state index contributed by atoms with van der Waals surface area (Å²) in [5, 5.41) is 13.8. The number of nitrogens with zero attached hydrogens (tertiary/aromatic N) is 3. The van der Waals surface area contributed by atoms with Gasteiger partial charge in [-0.1, -0.05) is 0 Å². The molecule has 0 N–H and O–H groups in total. The lowest BCUT2D eigenvalue weighted by Gasteiger charge is -2.01. The van der Waals surface area contributed by atoms with Gasteiger partial charge in [0, 0.05) is 6.04 Å². The Labute approximate surface area is 63.7 Å². The Morgan fingerprint density at radius 1 is 1.73 bits per heavy atom. The van der Waals surface area contributed by atoms with Gasteiger partial charge in [0.15, 0.2) is 5.82 Å². The Morgan fingerprint density at radius 3 is 2.64 bits per heavy atom. The van der Waals surface area contributed by atoms with Crippen LogP contribution in [0.3, 0.4) is 0 Å². The van der Waals surface area contributed by atoms with Gasteiger partial charge in [-0.05, 0) is 13.8 Å². The minimum atomic E-state index is -1.34. The van der Waals surface area contributed by atoms with Gasteiger partial charge in [0.25, 0.3) is 0 Å². The van der Waals surface area contributed by atoms with E-state index in [9.17, 15) is 9.90 Å². The summed E-state index contributed by atoms with van der Waals surface area (Å²) in [5.74, 6) is -1.61. The monoisotopic (exact) mass is 154 g/mol. The molecule has 0 spiro atoms. The van der Waals surface area contributed by atoms with Crippen molar-refractivity contribution in [1.29, 1.82) is 0 Å². The summed E-state index contributed by atoms with van der Waals surface area (Å²) in [5.41, 5.74) is 0. The predicted octanol–water partition coefficient (Wildman–Crippen LogP) is -0.778. The maximum absolute atomic E-state index is 10.2. The highest BCUT2D eigenvalue weighted by atomic mass is 16.4. The Kier molecular flexibility index (Phi) is 1.89. The van der Waals surface area contributed by atoms with Gasteiger partial charge in [0.2, 0.25) is 0 Å². The van der Waals surface area contributed by atoms with Crippen LogP contribution in [0.15, 0.2) is 6.33 Å². The first-order valence-corrected chi connectivity index (χ1v) is 3.23. The second kappa shape index (κ2) is 2.69. The summed E-state index contributed by atoms with van der Waals surface area (Å²) in [7, 11) is 0. The Morgan fingerprint density at radius 2 is 2.36 bits per heavy atom. The second-order valence-electron chi connectivity index (χ2n) is 2.43. The molecule has 0 aliphatic rings. The predicted molar refractivity (Wildman–Crippen MR) is 34.7 cm³/mol. The van der Waals surface area contributed by atoms with Crippen LogP contribution in [0, 0.1) is 0 Å². The molecular weight excluding hydrogens is 146 g/mol. The molecule has 0 atom stereocenters. The average Bonchev–Trinajstić information content (AvgIpc) is 2.33. The van der Waals surface area contributed by atoms with Crippen molar-refractivity contribution in [2.45, 2.75) is 19.9 Å². The number of hydrogen-bond donors (Lipinski definition) is 0. The van der Waals surface area contributed by atoms with Crippen LogP contribution in [0.5, 0.6) is 0 Å². The van der Waals surface area contributed by atoms with Crippen LogP contribution in [-0.4, -0.2) is 20.7 Å². The summed E-state index contributed by atoms with van der Waals surface area (Å²) in [4.78, 5) is 13.7. The highest BCUT2D eigenvalue weighted by molar-refractivity contribution is 5.80. The maximum Gasteiger partial charge on any atom is 0.196 e. The fraction of sp³-hybridized carbons (Fsp3) is 0.500. The molecular formula is C6H8N3O2-. The molecule has 5 nitrogen and oxygen atoms in total. The highest BCUT2D eigenvalue weighted by Crippen LogP contribution is 1.99. The summed E-state index contributed by atoms with van der Waals surface area (Å²) < 4.78 is 1.46. The molecule has 0 aliphatic carbocycles. The third kappa shape index (κ3) is 1.54. The largest absolute Gasteiger partial charge is 0.541 e. The van der Waals surface area contributed by atoms with E-state index in [-0.39, 0.29) is 11.9 Å². The number of aromatic carboxylic acids is 1. The number of aromatic nitrogens is 3. The molecule has 60 valence electrons. The molecule has 0 fully saturated rings. The van der Waals surface area contributed by atoms with E-state index in [1.54, 1.807) is 0 Å². The van der Waals surface area contributed by atoms with Crippen LogP contribution in [-0.2, 0) is 0 Å². The van der Waals surface area contributed by atoms with E-state index in [2.05, 4.69) is 10.1 Å². The van der Waals surface area contributed by atoms with Crippen molar-refractivity contribution < 1.29 is 9.90 Å². The molecule has 1 aromatic heterocycles. The molecule has 0 radical (unpaired) electrons. The maximum atomic E-state index is 10.2. The first kappa shape index (κ1) is 7.71. The standard InChI is InChI=1S/C6H9N3O2/c1-4(2)9-3-7-5(8-9)6(10)11/h3-4H,1-2H3,(H,10,11)/p-1. The third-order valence-electron chi connectivity index (χ3n) is 1.22. The molecule has 0 saturated carbocycles. The lowest BCUT2D eigenvalue weighted by molar-refractivity contribution is -0.256. The summed E-state index contributed by atoms with van der Waals surface area (Å²) in [6.07, 6.45) is 1.37. The Bertz CT molecular complexity index is 267. The lowest BCUT2D eigenvalue weighted by Crippen LogP contribution is -2.24. The van der Waals surface area contributed by atoms with E-state index < -0.39 is 5.97 Å². The van der Waals surface area contributed by atoms with Crippen molar-refractivity contribution in [2.24, 2.45) is 0 Å². The zero-order valence-electron chi connectivity index (χ0n) is 6.31. The molecule has 0 amide bonds. The number of carbonyl (C=O) groups is 1. The summed E-state index contributed by atoms with van der Waals surface area (Å²) in [6, 6.07) is 0.121. The zero-order valence-corrected chi connectivity index (χ0v) is 6.31. The summed E-state index contributed by atoms with van der Waals surface area (Å²) >= 11 is 0. The van der Waals surface area contributed by atoms with Crippen LogP contribution >= 0.6 is 0 Å². The number of carbonyl (C=O) groups excluding carboxylic acids is 1. The average molecular weight is 154 g/mol. The molecule has 1 aromatic rings. The fourth-order valence-corrected chi connectivity index (χ4v) is 0.617. The van der Waals surface area contributed by atoms with E-state index in [1.165, 1.54) is 11.0 Å². The third-order valence-corrected chi connectivity index (χ3v) is 1.22. The van der Waals surface area contributed by atoms with Crippen LogP contribution in [0.25, 0.3) is 0 Å². The van der Waals surface area contributed by atoms with Crippen LogP contribution in [0.4, 0.5) is 0 Å². The molecule has 1 heterocycles. The van der Waals surface area contributed by atoms with Gasteiger partial charge >= 0.3 is 0 Å². The highest BCUT2D eigenvalue weighted by Gasteiger charge is 2.02. The molecule has 11 heavy (non-hydrogen) atoms. The van der Waals surface area contributed by atoms with Gasteiger partial charge in [-0.15, -0.1) is 5.10 Å². The fourth-order valence-electron chi connectivity index (χ4n) is 0.617. The first-order valence-electron chi connectivity index (χ1n) is 3.23. The molecule has 0 aromatic carbocycles. The van der Waals surface area contributed by atoms with E-state index in [1.807, 2.05) is 13.8 Å². The van der Waals surface area contributed by atoms with Gasteiger partial charge < -0.3 is 9.90 Å². The van der Waals surface area contributed by atoms with Gasteiger partial charge in [-0.25, -0.2) is 9.67 Å². The SMILES string of the molecule is CC(C)n1cnc(C(=O)[O-])n1. The van der Waals surface area contributed by atoms with Gasteiger partial charge in [-0.3, -0.25) is 0 Å². The topological polar surface area (TPSA) is 70.8 Å². The zero-order chi connectivity index (χ0) is 8.43. The van der Waals surface area contributed by atoms with Crippen molar-refractivity contribution in [3.8, 4) is 0 Å². The van der Waals surface area contributed by atoms with E-state index >= 15 is 0 Å². The minimum Gasteiger partial charge on any atom is -0.541 e. The molecule has 0 saturated heterocycles. The van der Waals surface area contributed by atoms with Crippen molar-refractivity contribution in [2.75, 3.05) is 0 Å². The van der Waals surface area contributed by atoms with Crippen molar-refractivity contribution in [3.05, 3.63) is 12.2 Å². The number of carboxylic acid groups (broad SMARTS) is 1. The summed E-state index contributed by atoms with van der Waals surface area (Å²) in [6.45, 7) is 3.77. The quantitative estimate of drug-likeness (QED) is 0.560. The Balaban J connectivity index is 2.90. The van der Waals surface area contributed by atoms with E-state index in [0.717, 1.165) is 0 Å². The minimum absolute atomic E-state index is 0.121. The van der Waals surface area contributed by atoms with Crippen molar-refractivity contribution >= 4 is 5.97 Å². The van der Waals surface area contributed by atoms with Crippen molar-refractivity contribution in [3.63, 3.8) is 0 Å². The van der Waals surface area contributed by atoms with E-state index in [0.29, 0.717) is 0 Å². The molecule has 1 rings (SSSR count). The number of carboxylic acids is 1. The number of rotatable bonds is 2. The molecule has 0 bridgehead atoms. The normalized spacial score (nSPS) is 10.5. The molecule has 0 aliphatic heterocycles. The Hall–Kier alpha value is -1.39.